The maximum Gasteiger partial charge on any atom is 0.414 e. The van der Waals surface area contributed by atoms with Crippen molar-refractivity contribution in [3.63, 3.8) is 0 Å². The normalized spacial score (nSPS) is 16.5. The van der Waals surface area contributed by atoms with Crippen molar-refractivity contribution < 1.29 is 17.9 Å². The minimum atomic E-state index is -3.55. The van der Waals surface area contributed by atoms with E-state index in [1.165, 1.54) is 17.0 Å². The summed E-state index contributed by atoms with van der Waals surface area (Å²) in [6, 6.07) is 6.19. The molecule has 1 fully saturated rings. The molecule has 0 radical (unpaired) electrons. The van der Waals surface area contributed by atoms with Crippen molar-refractivity contribution in [3.8, 4) is 0 Å². The predicted octanol–water partition coefficient (Wildman–Crippen LogP) is 3.14. The zero-order valence-electron chi connectivity index (χ0n) is 14.5. The van der Waals surface area contributed by atoms with E-state index < -0.39 is 16.1 Å². The molecule has 6 nitrogen and oxygen atoms in total. The Morgan fingerprint density at radius 1 is 1.17 bits per heavy atom. The molecule has 1 saturated heterocycles. The van der Waals surface area contributed by atoms with Crippen LogP contribution in [0.1, 0.15) is 40.0 Å². The van der Waals surface area contributed by atoms with Gasteiger partial charge in [0.15, 0.2) is 0 Å². The van der Waals surface area contributed by atoms with Crippen molar-refractivity contribution in [2.45, 2.75) is 51.0 Å². The third-order valence-corrected chi connectivity index (χ3v) is 5.60. The highest BCUT2D eigenvalue weighted by atomic mass is 32.2. The van der Waals surface area contributed by atoms with Crippen LogP contribution in [0, 0.1) is 5.92 Å². The predicted molar refractivity (Wildman–Crippen MR) is 93.6 cm³/mol. The molecule has 1 N–H and O–H groups in total. The van der Waals surface area contributed by atoms with E-state index in [1.54, 1.807) is 12.1 Å². The summed E-state index contributed by atoms with van der Waals surface area (Å²) in [5, 5.41) is 0. The van der Waals surface area contributed by atoms with Gasteiger partial charge in [0.05, 0.1) is 11.4 Å². The second-order valence-electron chi connectivity index (χ2n) is 6.61. The first kappa shape index (κ1) is 18.7. The first-order valence-electron chi connectivity index (χ1n) is 8.36. The molecule has 1 heterocycles. The van der Waals surface area contributed by atoms with Crippen LogP contribution in [0.15, 0.2) is 29.2 Å². The summed E-state index contributed by atoms with van der Waals surface area (Å²) in [5.41, 5.74) is 0.640. The molecular weight excluding hydrogens is 328 g/mol. The number of ether oxygens (including phenoxy) is 1. The highest BCUT2D eigenvalue weighted by Crippen LogP contribution is 2.21. The van der Waals surface area contributed by atoms with E-state index in [-0.39, 0.29) is 10.9 Å². The van der Waals surface area contributed by atoms with Gasteiger partial charge in [0.2, 0.25) is 10.0 Å². The van der Waals surface area contributed by atoms with Crippen LogP contribution < -0.4 is 9.62 Å². The number of benzene rings is 1. The van der Waals surface area contributed by atoms with Crippen molar-refractivity contribution in [3.05, 3.63) is 24.3 Å². The average molecular weight is 354 g/mol. The van der Waals surface area contributed by atoms with Gasteiger partial charge in [0.25, 0.3) is 0 Å². The Balaban J connectivity index is 1.97. The number of carbonyl (C=O) groups is 1. The number of hydrogen-bond donors (Lipinski definition) is 1. The fourth-order valence-corrected chi connectivity index (χ4v) is 3.94. The van der Waals surface area contributed by atoms with Gasteiger partial charge < -0.3 is 4.74 Å². The van der Waals surface area contributed by atoms with Gasteiger partial charge in [-0.2, -0.15) is 0 Å². The van der Waals surface area contributed by atoms with Gasteiger partial charge in [-0.1, -0.05) is 26.7 Å². The Bertz CT molecular complexity index is 656. The van der Waals surface area contributed by atoms with Crippen molar-refractivity contribution in [2.24, 2.45) is 5.92 Å². The number of nitrogens with zero attached hydrogens (tertiary/aromatic N) is 1. The van der Waals surface area contributed by atoms with E-state index >= 15 is 0 Å². The molecule has 0 bridgehead atoms. The van der Waals surface area contributed by atoms with E-state index in [4.69, 9.17) is 4.74 Å². The standard InChI is InChI=1S/C17H26N2O4S/c1-13(2)5-4-6-14(3)18-24(21,22)16-9-7-15(8-10-16)19-11-12-23-17(19)20/h7-10,13-14,18H,4-6,11-12H2,1-3H3. The third-order valence-electron chi connectivity index (χ3n) is 3.99. The smallest absolute Gasteiger partial charge is 0.414 e. The molecule has 1 atom stereocenters. The number of anilines is 1. The lowest BCUT2D eigenvalue weighted by molar-refractivity contribution is 0.181. The van der Waals surface area contributed by atoms with E-state index in [0.29, 0.717) is 24.8 Å². The molecule has 0 aliphatic carbocycles. The van der Waals surface area contributed by atoms with Crippen LogP contribution in [0.5, 0.6) is 0 Å². The molecule has 24 heavy (non-hydrogen) atoms. The van der Waals surface area contributed by atoms with Gasteiger partial charge in [-0.3, -0.25) is 4.90 Å². The molecule has 1 unspecified atom stereocenters. The summed E-state index contributed by atoms with van der Waals surface area (Å²) in [4.78, 5) is 13.2. The minimum absolute atomic E-state index is 0.109. The van der Waals surface area contributed by atoms with Crippen LogP contribution >= 0.6 is 0 Å². The third kappa shape index (κ3) is 4.95. The van der Waals surface area contributed by atoms with Gasteiger partial charge in [-0.05, 0) is 43.5 Å². The van der Waals surface area contributed by atoms with Crippen molar-refractivity contribution in [1.82, 2.24) is 4.72 Å². The van der Waals surface area contributed by atoms with Gasteiger partial charge in [0, 0.05) is 11.7 Å². The van der Waals surface area contributed by atoms with E-state index in [1.807, 2.05) is 6.92 Å². The first-order chi connectivity index (χ1) is 11.3. The summed E-state index contributed by atoms with van der Waals surface area (Å²) >= 11 is 0. The zero-order chi connectivity index (χ0) is 17.7. The van der Waals surface area contributed by atoms with Crippen LogP contribution in [-0.4, -0.2) is 33.7 Å². The van der Waals surface area contributed by atoms with E-state index in [0.717, 1.165) is 19.3 Å². The molecule has 0 aromatic heterocycles. The molecule has 1 aromatic rings. The van der Waals surface area contributed by atoms with Crippen LogP contribution in [0.2, 0.25) is 0 Å². The van der Waals surface area contributed by atoms with Gasteiger partial charge >= 0.3 is 6.09 Å². The molecule has 1 amide bonds. The maximum atomic E-state index is 12.4. The van der Waals surface area contributed by atoms with E-state index in [2.05, 4.69) is 18.6 Å². The number of rotatable bonds is 8. The lowest BCUT2D eigenvalue weighted by Gasteiger charge is -2.16. The summed E-state index contributed by atoms with van der Waals surface area (Å²) < 4.78 is 32.4. The number of nitrogens with one attached hydrogen (secondary N) is 1. The minimum Gasteiger partial charge on any atom is -0.447 e. The molecular formula is C17H26N2O4S. The summed E-state index contributed by atoms with van der Waals surface area (Å²) in [6.07, 6.45) is 2.50. The fourth-order valence-electron chi connectivity index (χ4n) is 2.66. The van der Waals surface area contributed by atoms with Crippen LogP contribution in [0.25, 0.3) is 0 Å². The Hall–Kier alpha value is -1.60. The molecule has 1 aliphatic heterocycles. The second kappa shape index (κ2) is 7.98. The average Bonchev–Trinajstić information content (AvgIpc) is 2.92. The lowest BCUT2D eigenvalue weighted by Crippen LogP contribution is -2.32. The van der Waals surface area contributed by atoms with Crippen molar-refractivity contribution >= 4 is 21.8 Å². The topological polar surface area (TPSA) is 75.7 Å². The molecule has 134 valence electrons. The number of sulfonamides is 1. The van der Waals surface area contributed by atoms with Gasteiger partial charge in [0.1, 0.15) is 6.61 Å². The Morgan fingerprint density at radius 2 is 1.83 bits per heavy atom. The Kier molecular flexibility index (Phi) is 6.23. The monoisotopic (exact) mass is 354 g/mol. The van der Waals surface area contributed by atoms with Crippen LogP contribution in [0.4, 0.5) is 10.5 Å². The number of hydrogen-bond acceptors (Lipinski definition) is 4. The Labute approximate surface area is 144 Å². The number of carbonyl (C=O) groups excluding carboxylic acids is 1. The van der Waals surface area contributed by atoms with E-state index in [9.17, 15) is 13.2 Å². The van der Waals surface area contributed by atoms with Crippen LogP contribution in [-0.2, 0) is 14.8 Å². The Morgan fingerprint density at radius 3 is 2.38 bits per heavy atom. The highest BCUT2D eigenvalue weighted by molar-refractivity contribution is 7.89. The molecule has 0 spiro atoms. The molecule has 0 saturated carbocycles. The maximum absolute atomic E-state index is 12.4. The molecule has 1 aromatic carbocycles. The molecule has 7 heteroatoms. The number of cyclic esters (lactones) is 1. The fraction of sp³-hybridized carbons (Fsp3) is 0.588. The SMILES string of the molecule is CC(C)CCCC(C)NS(=O)(=O)c1ccc(N2CCOC2=O)cc1. The number of amides is 1. The molecule has 2 rings (SSSR count). The first-order valence-corrected chi connectivity index (χ1v) is 9.84. The second-order valence-corrected chi connectivity index (χ2v) is 8.32. The highest BCUT2D eigenvalue weighted by Gasteiger charge is 2.24. The van der Waals surface area contributed by atoms with Crippen molar-refractivity contribution in [1.29, 1.82) is 0 Å². The lowest BCUT2D eigenvalue weighted by atomic mass is 10.0. The summed E-state index contributed by atoms with van der Waals surface area (Å²) in [5.74, 6) is 0.624. The zero-order valence-corrected chi connectivity index (χ0v) is 15.3. The van der Waals surface area contributed by atoms with Crippen molar-refractivity contribution in [2.75, 3.05) is 18.1 Å². The summed E-state index contributed by atoms with van der Waals surface area (Å²) in [6.45, 7) is 7.04. The van der Waals surface area contributed by atoms with Crippen LogP contribution in [0.3, 0.4) is 0 Å². The molecule has 1 aliphatic rings. The quantitative estimate of drug-likeness (QED) is 0.778. The van der Waals surface area contributed by atoms with Gasteiger partial charge in [-0.15, -0.1) is 0 Å². The largest absolute Gasteiger partial charge is 0.447 e. The van der Waals surface area contributed by atoms with Gasteiger partial charge in [-0.25, -0.2) is 17.9 Å². The summed E-state index contributed by atoms with van der Waals surface area (Å²) in [7, 11) is -3.55.